The first-order valence-electron chi connectivity index (χ1n) is 8.05. The lowest BCUT2D eigenvalue weighted by molar-refractivity contribution is 0.0997. The van der Waals surface area contributed by atoms with Gasteiger partial charge in [-0.1, -0.05) is 35.0 Å². The fourth-order valence-electron chi connectivity index (χ4n) is 3.02. The molecule has 2 heterocycles. The van der Waals surface area contributed by atoms with Gasteiger partial charge < -0.3 is 19.8 Å². The number of benzene rings is 2. The van der Waals surface area contributed by atoms with Crippen molar-refractivity contribution in [2.75, 3.05) is 7.11 Å². The highest BCUT2D eigenvalue weighted by atomic mass is 35.5. The van der Waals surface area contributed by atoms with Crippen LogP contribution in [-0.4, -0.2) is 23.2 Å². The minimum Gasteiger partial charge on any atom is -0.364 e. The lowest BCUT2D eigenvalue weighted by atomic mass is 10.2. The Labute approximate surface area is 161 Å². The summed E-state index contributed by atoms with van der Waals surface area (Å²) in [4.78, 5) is 15.2. The second-order valence-electron chi connectivity index (χ2n) is 5.81. The molecule has 0 aliphatic rings. The minimum absolute atomic E-state index is 0.324. The van der Waals surface area contributed by atoms with Crippen molar-refractivity contribution in [3.63, 3.8) is 0 Å². The highest BCUT2D eigenvalue weighted by Crippen LogP contribution is 2.39. The van der Waals surface area contributed by atoms with Crippen LogP contribution in [0.5, 0.6) is 0 Å². The first-order chi connectivity index (χ1) is 13.1. The van der Waals surface area contributed by atoms with E-state index in [9.17, 15) is 4.79 Å². The number of aromatic nitrogens is 2. The number of nitrogens with one attached hydrogen (secondary N) is 1. The summed E-state index contributed by atoms with van der Waals surface area (Å²) in [6.07, 6.45) is 1.59. The van der Waals surface area contributed by atoms with E-state index in [4.69, 9.17) is 26.4 Å². The number of halogens is 1. The van der Waals surface area contributed by atoms with Gasteiger partial charge in [-0.25, -0.2) is 0 Å². The van der Waals surface area contributed by atoms with Crippen LogP contribution >= 0.6 is 19.7 Å². The molecule has 1 amide bonds. The molecule has 0 aliphatic carbocycles. The van der Waals surface area contributed by atoms with Gasteiger partial charge in [-0.2, -0.15) is 0 Å². The summed E-state index contributed by atoms with van der Waals surface area (Å²) in [5.41, 5.74) is 7.59. The van der Waals surface area contributed by atoms with Crippen LogP contribution in [0.25, 0.3) is 22.2 Å². The van der Waals surface area contributed by atoms with Crippen molar-refractivity contribution in [1.29, 1.82) is 0 Å². The zero-order valence-electron chi connectivity index (χ0n) is 14.3. The predicted octanol–water partition coefficient (Wildman–Crippen LogP) is 3.57. The first-order valence-corrected chi connectivity index (χ1v) is 9.68. The smallest absolute Gasteiger partial charge is 0.265 e. The normalized spacial score (nSPS) is 12.4. The van der Waals surface area contributed by atoms with Crippen LogP contribution in [0.1, 0.15) is 10.5 Å². The number of nitrogens with zero attached hydrogens (tertiary/aromatic N) is 1. The number of nitrogens with two attached hydrogens (primary N) is 1. The Hall–Kier alpha value is -2.66. The molecule has 4 rings (SSSR count). The van der Waals surface area contributed by atoms with Crippen LogP contribution in [0.3, 0.4) is 0 Å². The van der Waals surface area contributed by atoms with Gasteiger partial charge in [0.1, 0.15) is 5.69 Å². The lowest BCUT2D eigenvalue weighted by Gasteiger charge is -2.17. The van der Waals surface area contributed by atoms with Gasteiger partial charge in [-0.15, -0.1) is 0 Å². The van der Waals surface area contributed by atoms with E-state index in [2.05, 4.69) is 10.1 Å². The number of carbonyl (C=O) groups excluding carboxylic acids is 1. The van der Waals surface area contributed by atoms with E-state index in [0.717, 1.165) is 21.8 Å². The Morgan fingerprint density at radius 2 is 2.11 bits per heavy atom. The number of primary amides is 1. The maximum absolute atomic E-state index is 12.1. The SMILES string of the molecule is COP(c1cccc(-c2ccno2)c1)c1c(C(N)=O)[nH]c2ccc(Cl)cc12. The van der Waals surface area contributed by atoms with Gasteiger partial charge >= 0.3 is 0 Å². The molecule has 4 aromatic rings. The van der Waals surface area contributed by atoms with E-state index < -0.39 is 14.1 Å². The number of H-pyrrole nitrogens is 1. The second kappa shape index (κ2) is 7.16. The van der Waals surface area contributed by atoms with Crippen molar-refractivity contribution in [3.8, 4) is 11.3 Å². The van der Waals surface area contributed by atoms with Crippen LogP contribution in [0.2, 0.25) is 5.02 Å². The van der Waals surface area contributed by atoms with Gasteiger partial charge in [0.2, 0.25) is 0 Å². The summed E-state index contributed by atoms with van der Waals surface area (Å²) < 4.78 is 11.1. The number of amides is 1. The number of hydrogen-bond acceptors (Lipinski definition) is 4. The molecule has 0 radical (unpaired) electrons. The van der Waals surface area contributed by atoms with Crippen molar-refractivity contribution in [1.82, 2.24) is 10.1 Å². The number of aromatic amines is 1. The molecular formula is C19H15ClN3O3P. The second-order valence-corrected chi connectivity index (χ2v) is 8.16. The fraction of sp³-hybridized carbons (Fsp3) is 0.0526. The maximum atomic E-state index is 12.1. The molecule has 27 heavy (non-hydrogen) atoms. The average Bonchev–Trinajstić information content (AvgIpc) is 3.31. The van der Waals surface area contributed by atoms with Crippen LogP contribution in [-0.2, 0) is 4.52 Å². The molecule has 2 aromatic carbocycles. The molecule has 1 unspecified atom stereocenters. The molecule has 0 aliphatic heterocycles. The summed E-state index contributed by atoms with van der Waals surface area (Å²) >= 11 is 6.18. The Morgan fingerprint density at radius 3 is 2.81 bits per heavy atom. The zero-order valence-corrected chi connectivity index (χ0v) is 15.9. The van der Waals surface area contributed by atoms with Gasteiger partial charge in [-0.3, -0.25) is 4.79 Å². The van der Waals surface area contributed by atoms with Crippen molar-refractivity contribution < 1.29 is 13.8 Å². The Balaban J connectivity index is 1.91. The van der Waals surface area contributed by atoms with Gasteiger partial charge in [0.15, 0.2) is 5.76 Å². The molecule has 0 spiro atoms. The average molecular weight is 400 g/mol. The molecule has 3 N–H and O–H groups in total. The molecule has 0 fully saturated rings. The van der Waals surface area contributed by atoms with E-state index in [1.54, 1.807) is 25.4 Å². The largest absolute Gasteiger partial charge is 0.364 e. The van der Waals surface area contributed by atoms with Crippen molar-refractivity contribution >= 4 is 47.2 Å². The van der Waals surface area contributed by atoms with E-state index in [1.807, 2.05) is 36.4 Å². The Bertz CT molecular complexity index is 1120. The summed E-state index contributed by atoms with van der Waals surface area (Å²) in [6, 6.07) is 14.9. The first kappa shape index (κ1) is 17.7. The van der Waals surface area contributed by atoms with Crippen LogP contribution in [0.15, 0.2) is 59.3 Å². The van der Waals surface area contributed by atoms with Gasteiger partial charge in [-0.05, 0) is 24.3 Å². The maximum Gasteiger partial charge on any atom is 0.265 e. The van der Waals surface area contributed by atoms with E-state index in [-0.39, 0.29) is 0 Å². The number of rotatable bonds is 5. The molecule has 8 heteroatoms. The van der Waals surface area contributed by atoms with E-state index >= 15 is 0 Å². The Morgan fingerprint density at radius 1 is 1.26 bits per heavy atom. The van der Waals surface area contributed by atoms with E-state index in [0.29, 0.717) is 21.8 Å². The summed E-state index contributed by atoms with van der Waals surface area (Å²) in [6.45, 7) is 0. The molecule has 2 aromatic heterocycles. The molecular weight excluding hydrogens is 385 g/mol. The Kier molecular flexibility index (Phi) is 4.70. The summed E-state index contributed by atoms with van der Waals surface area (Å²) in [5, 5.41) is 6.76. The minimum atomic E-state index is -1.32. The highest BCUT2D eigenvalue weighted by Gasteiger charge is 2.26. The van der Waals surface area contributed by atoms with Gasteiger partial charge in [0.25, 0.3) is 5.91 Å². The number of hydrogen-bond donors (Lipinski definition) is 2. The quantitative estimate of drug-likeness (QED) is 0.502. The van der Waals surface area contributed by atoms with E-state index in [1.165, 1.54) is 0 Å². The topological polar surface area (TPSA) is 94.1 Å². The number of fused-ring (bicyclic) bond motifs is 1. The molecule has 0 saturated carbocycles. The zero-order chi connectivity index (χ0) is 19.0. The van der Waals surface area contributed by atoms with Gasteiger partial charge in [0.05, 0.1) is 14.3 Å². The van der Waals surface area contributed by atoms with Crippen LogP contribution < -0.4 is 16.3 Å². The fourth-order valence-corrected chi connectivity index (χ4v) is 5.09. The molecule has 6 nitrogen and oxygen atoms in total. The standard InChI is InChI=1S/C19H15ClN3O3P/c1-25-27(13-4-2-3-11(9-13)16-7-8-22-26-16)18-14-10-12(20)5-6-15(14)23-17(18)19(21)24/h2-10,23H,1H3,(H2,21,24). The molecule has 1 atom stereocenters. The van der Waals surface area contributed by atoms with Crippen molar-refractivity contribution in [2.45, 2.75) is 0 Å². The van der Waals surface area contributed by atoms with Crippen LogP contribution in [0, 0.1) is 0 Å². The molecule has 0 saturated heterocycles. The highest BCUT2D eigenvalue weighted by molar-refractivity contribution is 7.69. The summed E-state index contributed by atoms with van der Waals surface area (Å²) in [5.74, 6) is 0.105. The lowest BCUT2D eigenvalue weighted by Crippen LogP contribution is -2.23. The third-order valence-electron chi connectivity index (χ3n) is 4.17. The monoisotopic (exact) mass is 399 g/mol. The third-order valence-corrected chi connectivity index (χ3v) is 6.39. The molecule has 136 valence electrons. The van der Waals surface area contributed by atoms with Crippen molar-refractivity contribution in [2.24, 2.45) is 5.73 Å². The molecule has 0 bridgehead atoms. The summed E-state index contributed by atoms with van der Waals surface area (Å²) in [7, 11) is 0.290. The third kappa shape index (κ3) is 3.23. The predicted molar refractivity (Wildman–Crippen MR) is 107 cm³/mol. The number of carbonyl (C=O) groups is 1. The van der Waals surface area contributed by atoms with Gasteiger partial charge in [0, 0.05) is 45.3 Å². The van der Waals surface area contributed by atoms with Crippen molar-refractivity contribution in [3.05, 3.63) is 65.4 Å². The van der Waals surface area contributed by atoms with Crippen LogP contribution in [0.4, 0.5) is 0 Å².